The molecule has 0 aliphatic rings. The van der Waals surface area contributed by atoms with Crippen molar-refractivity contribution in [2.75, 3.05) is 12.0 Å². The Morgan fingerprint density at radius 1 is 1.22 bits per heavy atom. The number of nitrogens with zero attached hydrogens (tertiary/aromatic N) is 2. The van der Waals surface area contributed by atoms with E-state index in [1.54, 1.807) is 24.5 Å². The van der Waals surface area contributed by atoms with Gasteiger partial charge in [0.25, 0.3) is 0 Å². The molecule has 1 aromatic carbocycles. The van der Waals surface area contributed by atoms with Crippen LogP contribution in [0, 0.1) is 0 Å². The Bertz CT molecular complexity index is 553. The van der Waals surface area contributed by atoms with Gasteiger partial charge < -0.3 is 11.5 Å². The van der Waals surface area contributed by atoms with Crippen LogP contribution < -0.4 is 11.5 Å². The SMILES string of the molecule is CSC(N)=N/N=C(\N)CS(=O)(=O)c1ccccc1. The predicted molar refractivity (Wildman–Crippen MR) is 75.3 cm³/mol. The number of amidine groups is 2. The third kappa shape index (κ3) is 4.38. The first-order valence-electron chi connectivity index (χ1n) is 4.93. The molecule has 1 rings (SSSR count). The largest absolute Gasteiger partial charge is 0.385 e. The minimum Gasteiger partial charge on any atom is -0.385 e. The summed E-state index contributed by atoms with van der Waals surface area (Å²) in [6.07, 6.45) is 1.73. The smallest absolute Gasteiger partial charge is 0.185 e. The summed E-state index contributed by atoms with van der Waals surface area (Å²) >= 11 is 1.20. The van der Waals surface area contributed by atoms with Crippen molar-refractivity contribution in [3.63, 3.8) is 0 Å². The van der Waals surface area contributed by atoms with Gasteiger partial charge in [0.1, 0.15) is 11.6 Å². The molecule has 0 saturated carbocycles. The average Bonchev–Trinajstić information content (AvgIpc) is 2.36. The van der Waals surface area contributed by atoms with Crippen LogP contribution in [0.3, 0.4) is 0 Å². The van der Waals surface area contributed by atoms with Crippen molar-refractivity contribution in [1.29, 1.82) is 0 Å². The van der Waals surface area contributed by atoms with Gasteiger partial charge in [-0.05, 0) is 18.4 Å². The van der Waals surface area contributed by atoms with Crippen LogP contribution in [0.15, 0.2) is 45.4 Å². The van der Waals surface area contributed by atoms with E-state index in [1.807, 2.05) is 0 Å². The second kappa shape index (κ2) is 6.41. The van der Waals surface area contributed by atoms with Gasteiger partial charge in [-0.25, -0.2) is 8.42 Å². The molecule has 0 aromatic heterocycles. The van der Waals surface area contributed by atoms with Crippen molar-refractivity contribution in [3.8, 4) is 0 Å². The van der Waals surface area contributed by atoms with E-state index in [9.17, 15) is 8.42 Å². The van der Waals surface area contributed by atoms with Gasteiger partial charge in [-0.2, -0.15) is 0 Å². The Labute approximate surface area is 110 Å². The predicted octanol–water partition coefficient (Wildman–Crippen LogP) is 0.410. The topological polar surface area (TPSA) is 111 Å². The highest BCUT2D eigenvalue weighted by atomic mass is 32.2. The molecular formula is C10H14N4O2S2. The fraction of sp³-hybridized carbons (Fsp3) is 0.200. The number of thioether (sulfide) groups is 1. The van der Waals surface area contributed by atoms with E-state index in [4.69, 9.17) is 11.5 Å². The maximum absolute atomic E-state index is 11.9. The highest BCUT2D eigenvalue weighted by Crippen LogP contribution is 2.09. The summed E-state index contributed by atoms with van der Waals surface area (Å²) in [6.45, 7) is 0. The molecule has 0 fully saturated rings. The molecule has 0 unspecified atom stereocenters. The first-order chi connectivity index (χ1) is 8.45. The summed E-state index contributed by atoms with van der Waals surface area (Å²) in [7, 11) is -3.49. The van der Waals surface area contributed by atoms with Crippen LogP contribution in [0.4, 0.5) is 0 Å². The molecule has 0 amide bonds. The average molecular weight is 286 g/mol. The summed E-state index contributed by atoms with van der Waals surface area (Å²) in [4.78, 5) is 0.199. The first kappa shape index (κ1) is 14.5. The minimum absolute atomic E-state index is 0.101. The van der Waals surface area contributed by atoms with E-state index in [0.717, 1.165) is 0 Å². The molecule has 6 nitrogen and oxygen atoms in total. The van der Waals surface area contributed by atoms with Gasteiger partial charge in [0.15, 0.2) is 15.0 Å². The molecule has 98 valence electrons. The maximum Gasteiger partial charge on any atom is 0.185 e. The molecule has 4 N–H and O–H groups in total. The molecular weight excluding hydrogens is 272 g/mol. The van der Waals surface area contributed by atoms with Crippen molar-refractivity contribution in [2.45, 2.75) is 4.90 Å². The van der Waals surface area contributed by atoms with Crippen LogP contribution in [0.1, 0.15) is 0 Å². The lowest BCUT2D eigenvalue weighted by Crippen LogP contribution is -2.23. The Balaban J connectivity index is 2.85. The summed E-state index contributed by atoms with van der Waals surface area (Å²) in [5, 5.41) is 7.36. The molecule has 0 bridgehead atoms. The summed E-state index contributed by atoms with van der Waals surface area (Å²) in [6, 6.07) is 8.03. The fourth-order valence-electron chi connectivity index (χ4n) is 1.09. The zero-order valence-corrected chi connectivity index (χ0v) is 11.4. The van der Waals surface area contributed by atoms with Gasteiger partial charge in [-0.3, -0.25) is 0 Å². The number of benzene rings is 1. The Morgan fingerprint density at radius 3 is 2.39 bits per heavy atom. The lowest BCUT2D eigenvalue weighted by atomic mass is 10.4. The van der Waals surface area contributed by atoms with E-state index in [1.165, 1.54) is 23.9 Å². The molecule has 0 heterocycles. The summed E-state index contributed by atoms with van der Waals surface area (Å²) in [5.74, 6) is -0.488. The number of hydrogen-bond donors (Lipinski definition) is 2. The summed E-state index contributed by atoms with van der Waals surface area (Å²) in [5.41, 5.74) is 10.9. The molecule has 0 saturated heterocycles. The van der Waals surface area contributed by atoms with Crippen LogP contribution >= 0.6 is 11.8 Å². The van der Waals surface area contributed by atoms with Crippen LogP contribution in [0.5, 0.6) is 0 Å². The molecule has 0 atom stereocenters. The zero-order chi connectivity index (χ0) is 13.6. The van der Waals surface area contributed by atoms with Crippen molar-refractivity contribution >= 4 is 32.6 Å². The number of nitrogens with two attached hydrogens (primary N) is 2. The maximum atomic E-state index is 11.9. The second-order valence-corrected chi connectivity index (χ2v) is 6.12. The van der Waals surface area contributed by atoms with Crippen LogP contribution in [0.25, 0.3) is 0 Å². The molecule has 18 heavy (non-hydrogen) atoms. The Hall–Kier alpha value is -1.54. The number of sulfone groups is 1. The monoisotopic (exact) mass is 286 g/mol. The van der Waals surface area contributed by atoms with Gasteiger partial charge in [0, 0.05) is 0 Å². The van der Waals surface area contributed by atoms with E-state index in [0.29, 0.717) is 0 Å². The van der Waals surface area contributed by atoms with E-state index >= 15 is 0 Å². The first-order valence-corrected chi connectivity index (χ1v) is 7.80. The second-order valence-electron chi connectivity index (χ2n) is 3.31. The zero-order valence-electron chi connectivity index (χ0n) is 9.78. The van der Waals surface area contributed by atoms with Crippen LogP contribution in [-0.2, 0) is 9.84 Å². The highest BCUT2D eigenvalue weighted by Gasteiger charge is 2.15. The summed E-state index contributed by atoms with van der Waals surface area (Å²) < 4.78 is 23.8. The van der Waals surface area contributed by atoms with Crippen LogP contribution in [-0.4, -0.2) is 31.4 Å². The third-order valence-electron chi connectivity index (χ3n) is 1.93. The van der Waals surface area contributed by atoms with Crippen LogP contribution in [0.2, 0.25) is 0 Å². The fourth-order valence-corrected chi connectivity index (χ4v) is 2.40. The van der Waals surface area contributed by atoms with Gasteiger partial charge in [-0.1, -0.05) is 30.0 Å². The van der Waals surface area contributed by atoms with Gasteiger partial charge >= 0.3 is 0 Å². The molecule has 0 radical (unpaired) electrons. The van der Waals surface area contributed by atoms with E-state index in [2.05, 4.69) is 10.2 Å². The Kier molecular flexibility index (Phi) is 5.17. The van der Waals surface area contributed by atoms with Gasteiger partial charge in [0.05, 0.1) is 4.90 Å². The number of hydrogen-bond acceptors (Lipinski definition) is 5. The normalized spacial score (nSPS) is 13.6. The molecule has 0 spiro atoms. The molecule has 0 aliphatic carbocycles. The van der Waals surface area contributed by atoms with Crippen molar-refractivity contribution in [1.82, 2.24) is 0 Å². The minimum atomic E-state index is -3.49. The van der Waals surface area contributed by atoms with Crippen molar-refractivity contribution in [3.05, 3.63) is 30.3 Å². The quantitative estimate of drug-likeness (QED) is 0.473. The van der Waals surface area contributed by atoms with Crippen molar-refractivity contribution < 1.29 is 8.42 Å². The van der Waals surface area contributed by atoms with Crippen molar-refractivity contribution in [2.24, 2.45) is 21.7 Å². The molecule has 0 aliphatic heterocycles. The van der Waals surface area contributed by atoms with Gasteiger partial charge in [0.2, 0.25) is 0 Å². The molecule has 1 aromatic rings. The Morgan fingerprint density at radius 2 is 1.83 bits per heavy atom. The van der Waals surface area contributed by atoms with E-state index < -0.39 is 9.84 Å². The highest BCUT2D eigenvalue weighted by molar-refractivity contribution is 8.13. The van der Waals surface area contributed by atoms with E-state index in [-0.39, 0.29) is 21.7 Å². The third-order valence-corrected chi connectivity index (χ3v) is 4.09. The standard InChI is InChI=1S/C10H14N4O2S2/c1-17-10(12)14-13-9(11)7-18(15,16)8-5-3-2-4-6-8/h2-6H,7H2,1H3,(H2,11,13)(H2,12,14). The number of rotatable bonds is 4. The lowest BCUT2D eigenvalue weighted by molar-refractivity contribution is 0.599. The van der Waals surface area contributed by atoms with Gasteiger partial charge in [-0.15, -0.1) is 10.2 Å². The lowest BCUT2D eigenvalue weighted by Gasteiger charge is -2.02. The molecule has 8 heteroatoms.